The van der Waals surface area contributed by atoms with Crippen LogP contribution in [0, 0.1) is 88.5 Å². The molecule has 4 aromatic carbocycles. The molecule has 34 heteroatoms. The third-order valence-corrected chi connectivity index (χ3v) is 26.6. The van der Waals surface area contributed by atoms with Crippen LogP contribution in [0.4, 0.5) is 36.6 Å². The van der Waals surface area contributed by atoms with Gasteiger partial charge in [0.2, 0.25) is 5.95 Å². The van der Waals surface area contributed by atoms with Gasteiger partial charge in [-0.2, -0.15) is 30.9 Å². The molecular weight excluding hydrogens is 1860 g/mol. The summed E-state index contributed by atoms with van der Waals surface area (Å²) in [6, 6.07) is 55.6. The van der Waals surface area contributed by atoms with Gasteiger partial charge in [0.1, 0.15) is 83.3 Å². The van der Waals surface area contributed by atoms with Crippen LogP contribution in [0.3, 0.4) is 0 Å². The second-order valence-electron chi connectivity index (χ2n) is 37.8. The van der Waals surface area contributed by atoms with Crippen LogP contribution in [0.5, 0.6) is 23.0 Å². The monoisotopic (exact) mass is 1970 g/mol. The molecule has 20 heterocycles. The van der Waals surface area contributed by atoms with Gasteiger partial charge in [0.15, 0.2) is 0 Å². The lowest BCUT2D eigenvalue weighted by Gasteiger charge is -2.56. The van der Waals surface area contributed by atoms with Gasteiger partial charge in [-0.1, -0.05) is 66.1 Å². The molecule has 24 rings (SSSR count). The van der Waals surface area contributed by atoms with Crippen LogP contribution in [-0.4, -0.2) is 246 Å². The van der Waals surface area contributed by atoms with E-state index in [2.05, 4.69) is 113 Å². The van der Waals surface area contributed by atoms with Crippen LogP contribution in [0.2, 0.25) is 0 Å². The summed E-state index contributed by atoms with van der Waals surface area (Å²) < 4.78 is 72.1. The van der Waals surface area contributed by atoms with E-state index in [1.54, 1.807) is 107 Å². The summed E-state index contributed by atoms with van der Waals surface area (Å²) in [6.45, 7) is 16.1. The minimum absolute atomic E-state index is 0.0475. The molecule has 4 atom stereocenters. The van der Waals surface area contributed by atoms with Gasteiger partial charge in [-0.05, 0) is 167 Å². The molecule has 0 radical (unpaired) electrons. The highest BCUT2D eigenvalue weighted by molar-refractivity contribution is 5.95. The summed E-state index contributed by atoms with van der Waals surface area (Å²) in [5.74, 6) is 19.9. The van der Waals surface area contributed by atoms with E-state index in [0.717, 1.165) is 141 Å². The lowest BCUT2D eigenvalue weighted by molar-refractivity contribution is -0.126. The van der Waals surface area contributed by atoms with E-state index in [-0.39, 0.29) is 60.6 Å². The van der Waals surface area contributed by atoms with Crippen LogP contribution in [-0.2, 0) is 22.7 Å². The minimum Gasteiger partial charge on any atom is -0.495 e. The van der Waals surface area contributed by atoms with E-state index in [9.17, 15) is 43.5 Å². The van der Waals surface area contributed by atoms with Crippen molar-refractivity contribution in [2.24, 2.45) is 0 Å². The number of hydrogen-bond donors (Lipinski definition) is 2. The largest absolute Gasteiger partial charge is 0.495 e. The quantitative estimate of drug-likeness (QED) is 0.0670. The molecular formula is C113H102F3N23O8. The average molecular weight is 1970 g/mol. The van der Waals surface area contributed by atoms with E-state index in [4.69, 9.17) is 46.7 Å². The van der Waals surface area contributed by atoms with Gasteiger partial charge in [0, 0.05) is 225 Å². The first-order valence-electron chi connectivity index (χ1n) is 48.0. The number of aliphatic hydroxyl groups is 2. The molecule has 4 unspecified atom stereocenters. The van der Waals surface area contributed by atoms with E-state index < -0.39 is 22.8 Å². The molecule has 4 bridgehead atoms. The third kappa shape index (κ3) is 22.3. The maximum absolute atomic E-state index is 14.5. The van der Waals surface area contributed by atoms with Crippen LogP contribution < -0.4 is 38.5 Å². The second-order valence-corrected chi connectivity index (χ2v) is 37.8. The first kappa shape index (κ1) is 98.2. The zero-order valence-electron chi connectivity index (χ0n) is 81.5. The number of fused-ring (bicyclic) bond motifs is 8. The normalized spacial score (nSPS) is 16.3. The van der Waals surface area contributed by atoms with Crippen LogP contribution in [0.25, 0.3) is 66.6 Å². The van der Waals surface area contributed by atoms with E-state index in [0.29, 0.717) is 115 Å². The molecule has 12 aromatic heterocycles. The van der Waals surface area contributed by atoms with Gasteiger partial charge >= 0.3 is 0 Å². The fourth-order valence-corrected chi connectivity index (χ4v) is 19.0. The molecule has 16 aromatic rings. The number of nitriles is 2. The molecule has 0 aliphatic carbocycles. The zero-order chi connectivity index (χ0) is 102. The van der Waals surface area contributed by atoms with Gasteiger partial charge < -0.3 is 58.6 Å². The highest BCUT2D eigenvalue weighted by atomic mass is 19.1. The highest BCUT2D eigenvalue weighted by Crippen LogP contribution is 2.42. The number of hydrogen-bond acceptors (Lipinski definition) is 25. The lowest BCUT2D eigenvalue weighted by Crippen LogP contribution is -2.68. The van der Waals surface area contributed by atoms with Crippen molar-refractivity contribution in [3.05, 3.63) is 306 Å². The van der Waals surface area contributed by atoms with Gasteiger partial charge in [-0.3, -0.25) is 19.4 Å². The predicted octanol–water partition coefficient (Wildman–Crippen LogP) is 13.7. The van der Waals surface area contributed by atoms with Crippen LogP contribution in [0.15, 0.2) is 244 Å². The van der Waals surface area contributed by atoms with Gasteiger partial charge in [0.25, 0.3) is 11.8 Å². The van der Waals surface area contributed by atoms with Crippen LogP contribution >= 0.6 is 0 Å². The van der Waals surface area contributed by atoms with Crippen molar-refractivity contribution in [1.29, 1.82) is 10.5 Å². The molecule has 8 aliphatic heterocycles. The minimum atomic E-state index is -1.01. The number of halogens is 3. The third-order valence-electron chi connectivity index (χ3n) is 26.6. The van der Waals surface area contributed by atoms with Crippen molar-refractivity contribution < 1.29 is 51.9 Å². The number of amides is 2. The number of methoxy groups -OCH3 is 2. The second kappa shape index (κ2) is 42.9. The SMILES string of the molecule is C#Cc1cc(CN2C3CC2CN(c2ccc(-c4cc(OCC(C)(C)O)cn5ncc(C#N)c45)cn2)C3)ccc1F.C#Cc1cc(F)c(CN2C3CC2CN(c2ccc(-c4cc(OCC(C)(C)O)cn5ncc(C#N)c45)cn2)C3)c(F)c1.COc1cc(-c2ccc(N3CCN(C(=O)C#Cc4ccccc4)CC3)nc2)c2ccnn2c1.COc1cc(-c2cnc(N3CCN(C(=O)C#Cc4ccccc4)CC3)nc2)c2ccnn2c1. The molecule has 0 spiro atoms. The maximum atomic E-state index is 14.5. The van der Waals surface area contributed by atoms with Crippen molar-refractivity contribution in [3.8, 4) is 128 Å². The Bertz CT molecular complexity index is 7630. The molecule has 147 heavy (non-hydrogen) atoms. The Hall–Kier alpha value is -17.6. The fourth-order valence-electron chi connectivity index (χ4n) is 19.0. The van der Waals surface area contributed by atoms with E-state index in [1.165, 1.54) is 30.6 Å². The Labute approximate surface area is 846 Å². The summed E-state index contributed by atoms with van der Waals surface area (Å²) in [7, 11) is 3.28. The first-order valence-corrected chi connectivity index (χ1v) is 48.0. The zero-order valence-corrected chi connectivity index (χ0v) is 81.5. The number of anilines is 4. The number of pyridine rings is 7. The van der Waals surface area contributed by atoms with E-state index >= 15 is 0 Å². The number of nitrogens with zero attached hydrogens (tertiary/aromatic N) is 23. The highest BCUT2D eigenvalue weighted by Gasteiger charge is 2.47. The van der Waals surface area contributed by atoms with Crippen molar-refractivity contribution in [1.82, 2.24) is 83.0 Å². The van der Waals surface area contributed by atoms with Crippen molar-refractivity contribution in [2.45, 2.75) is 89.0 Å². The number of terminal acetylenes is 2. The molecule has 8 fully saturated rings. The predicted molar refractivity (Wildman–Crippen MR) is 550 cm³/mol. The Morgan fingerprint density at radius 1 is 0.422 bits per heavy atom. The van der Waals surface area contributed by atoms with Gasteiger partial charge in [-0.15, -0.1) is 12.8 Å². The Balaban J connectivity index is 0.000000124. The number of carbonyl (C=O) groups is 2. The van der Waals surface area contributed by atoms with Crippen molar-refractivity contribution >= 4 is 57.3 Å². The number of aromatic nitrogens is 13. The summed E-state index contributed by atoms with van der Waals surface area (Å²) in [6.07, 6.45) is 35.5. The number of piperidine rings is 2. The summed E-state index contributed by atoms with van der Waals surface area (Å²) >= 11 is 0. The number of carbonyl (C=O) groups excluding carboxylic acids is 2. The van der Waals surface area contributed by atoms with E-state index in [1.807, 2.05) is 171 Å². The maximum Gasteiger partial charge on any atom is 0.298 e. The fraction of sp³-hybridized carbons (Fsp3) is 0.265. The van der Waals surface area contributed by atoms with Gasteiger partial charge in [-0.25, -0.2) is 56.2 Å². The lowest BCUT2D eigenvalue weighted by atomic mass is 9.86. The van der Waals surface area contributed by atoms with Gasteiger partial charge in [0.05, 0.1) is 114 Å². The Kier molecular flexibility index (Phi) is 28.6. The van der Waals surface area contributed by atoms with Crippen molar-refractivity contribution in [2.75, 3.05) is 126 Å². The molecule has 2 N–H and O–H groups in total. The summed E-state index contributed by atoms with van der Waals surface area (Å²) in [5, 5.41) is 56.7. The number of rotatable bonds is 20. The number of piperazine rings is 4. The Morgan fingerprint density at radius 3 is 1.26 bits per heavy atom. The smallest absolute Gasteiger partial charge is 0.298 e. The molecule has 2 amide bonds. The molecule has 31 nitrogen and oxygen atoms in total. The topological polar surface area (TPSA) is 319 Å². The summed E-state index contributed by atoms with van der Waals surface area (Å²) in [4.78, 5) is 65.2. The molecule has 738 valence electrons. The molecule has 8 aliphatic rings. The molecule has 0 saturated carbocycles. The summed E-state index contributed by atoms with van der Waals surface area (Å²) in [5.41, 5.74) is 12.4. The number of ether oxygens (including phenoxy) is 4. The van der Waals surface area contributed by atoms with Crippen LogP contribution in [0.1, 0.15) is 85.0 Å². The van der Waals surface area contributed by atoms with Crippen molar-refractivity contribution in [3.63, 3.8) is 0 Å². The first-order chi connectivity index (χ1) is 71.3. The Morgan fingerprint density at radius 2 is 0.837 bits per heavy atom. The molecule has 8 saturated heterocycles. The number of benzene rings is 4. The average Bonchev–Trinajstić information content (AvgIpc) is 0.895. The standard InChI is InChI=1S/C31H28F2N6O2.C31H29FN6O2.C26H23N5O2.C25H22N6O2/c1-4-19-7-27(32)26(28(33)8-19)17-38-22-9-23(38)15-37(14-22)29-6-5-20(12-35-29)25-10-24(41-18-31(2,3)40)16-39-30(25)21(11-34)13-36-39;1-4-21-9-20(5-7-28(21)32)15-37-24-10-25(37)17-36(16-24)29-8-6-22(13-34-29)27-11-26(40-19-31(2,3)39)18-38-30(27)23(12-33)14-35-38;1-33-22-17-23(24-11-12-28-31(24)19-22)21-8-9-25(27-18-21)29-13-15-30(16-14-29)26(32)10-7-20-5-3-2-4-6-20;1-33-21-15-22(23-9-10-28-31(23)18-21)20-16-26-25(27-17-20)30-13-11-29(12-14-30)24(32)8-7-19-5-3-2-4-6-19/h1,5-8,10,12-13,16,22-23,40H,9,14-15,17-18H2,2-3H3;1,5-9,11,13-14,18,24-25,39H,10,15-17,19H2,2-3H3;2-6,8-9,11-12,17-19H,13-16H2,1H3;2-6,9-10,15-18H,11-14H2,1H3.